The molecule has 0 aliphatic rings. The highest BCUT2D eigenvalue weighted by Gasteiger charge is 2.15. The molecule has 0 amide bonds. The van der Waals surface area contributed by atoms with Crippen LogP contribution in [0.25, 0.3) is 61.6 Å². The smallest absolute Gasteiger partial charge is 0.248 e. The van der Waals surface area contributed by atoms with E-state index in [1.807, 2.05) is 48.5 Å². The highest BCUT2D eigenvalue weighted by Crippen LogP contribution is 2.33. The van der Waals surface area contributed by atoms with Crippen LogP contribution in [-0.4, -0.2) is 19.6 Å². The van der Waals surface area contributed by atoms with Crippen LogP contribution in [0.1, 0.15) is 0 Å². The van der Waals surface area contributed by atoms with Crippen molar-refractivity contribution in [1.29, 1.82) is 0 Å². The molecule has 7 rings (SSSR count). The quantitative estimate of drug-likeness (QED) is 0.297. The van der Waals surface area contributed by atoms with E-state index >= 15 is 0 Å². The van der Waals surface area contributed by atoms with Crippen LogP contribution in [0, 0.1) is 0 Å². The molecule has 0 atom stereocenters. The predicted octanol–water partition coefficient (Wildman–Crippen LogP) is 7.02. The molecule has 0 N–H and O–H groups in total. The number of hydrogen-bond donors (Lipinski definition) is 0. The van der Waals surface area contributed by atoms with Crippen molar-refractivity contribution >= 4 is 27.5 Å². The lowest BCUT2D eigenvalue weighted by Crippen LogP contribution is -1.95. The van der Waals surface area contributed by atoms with E-state index in [0.717, 1.165) is 38.9 Å². The highest BCUT2D eigenvalue weighted by molar-refractivity contribution is 5.98. The minimum absolute atomic E-state index is 0.496. The van der Waals surface area contributed by atoms with Gasteiger partial charge in [-0.1, -0.05) is 60.7 Å². The number of nitrogens with zero attached hydrogens (tertiary/aromatic N) is 4. The molecule has 5 nitrogen and oxygen atoms in total. The zero-order chi connectivity index (χ0) is 22.5. The topological polar surface area (TPSA) is 56.2 Å². The molecule has 3 heterocycles. The summed E-state index contributed by atoms with van der Waals surface area (Å²) in [7, 11) is 0. The van der Waals surface area contributed by atoms with Crippen molar-refractivity contribution in [3.8, 4) is 34.2 Å². The standard InChI is InChI=1S/C29H18N4O/c1-2-8-20(9-3-1)28-31-32-29(34-28)21-16-14-19(15-17-21)27-26-18-22-10-4-6-12-24(22)33(26)25-13-7-5-11-23(25)30-27/h1-18H. The summed E-state index contributed by atoms with van der Waals surface area (Å²) in [4.78, 5) is 5.04. The maximum Gasteiger partial charge on any atom is 0.248 e. The van der Waals surface area contributed by atoms with Gasteiger partial charge in [0.2, 0.25) is 11.8 Å². The van der Waals surface area contributed by atoms with Gasteiger partial charge in [0.25, 0.3) is 0 Å². The summed E-state index contributed by atoms with van der Waals surface area (Å²) in [6, 6.07) is 36.9. The van der Waals surface area contributed by atoms with E-state index in [9.17, 15) is 0 Å². The van der Waals surface area contributed by atoms with Crippen molar-refractivity contribution in [1.82, 2.24) is 19.6 Å². The first-order valence-electron chi connectivity index (χ1n) is 11.1. The Hall–Kier alpha value is -4.77. The first kappa shape index (κ1) is 18.8. The summed E-state index contributed by atoms with van der Waals surface area (Å²) in [5.74, 6) is 1.01. The van der Waals surface area contributed by atoms with E-state index in [2.05, 4.69) is 75.3 Å². The SMILES string of the molecule is c1ccc(-c2nnc(-c3ccc(-c4nc5ccccc5n5c4cc4ccccc45)cc3)o2)cc1. The van der Waals surface area contributed by atoms with Gasteiger partial charge in [-0.05, 0) is 48.5 Å². The second-order valence-corrected chi connectivity index (χ2v) is 8.23. The second-order valence-electron chi connectivity index (χ2n) is 8.23. The molecule has 7 aromatic rings. The third-order valence-corrected chi connectivity index (χ3v) is 6.16. The van der Waals surface area contributed by atoms with E-state index in [0.29, 0.717) is 11.8 Å². The van der Waals surface area contributed by atoms with Crippen LogP contribution >= 0.6 is 0 Å². The minimum atomic E-state index is 0.496. The van der Waals surface area contributed by atoms with Crippen LogP contribution < -0.4 is 0 Å². The number of aromatic nitrogens is 4. The lowest BCUT2D eigenvalue weighted by molar-refractivity contribution is 0.584. The van der Waals surface area contributed by atoms with Gasteiger partial charge in [0, 0.05) is 22.1 Å². The zero-order valence-corrected chi connectivity index (χ0v) is 18.1. The van der Waals surface area contributed by atoms with Crippen LogP contribution in [-0.2, 0) is 0 Å². The fourth-order valence-corrected chi connectivity index (χ4v) is 4.53. The third kappa shape index (κ3) is 2.91. The van der Waals surface area contributed by atoms with Gasteiger partial charge >= 0.3 is 0 Å². The molecule has 3 aromatic heterocycles. The van der Waals surface area contributed by atoms with Gasteiger partial charge in [-0.3, -0.25) is 0 Å². The maximum atomic E-state index is 5.93. The predicted molar refractivity (Wildman–Crippen MR) is 134 cm³/mol. The number of para-hydroxylation sites is 3. The van der Waals surface area contributed by atoms with Gasteiger partial charge in [0.15, 0.2) is 0 Å². The molecule has 34 heavy (non-hydrogen) atoms. The molecule has 5 heteroatoms. The number of fused-ring (bicyclic) bond motifs is 5. The van der Waals surface area contributed by atoms with E-state index in [4.69, 9.17) is 9.40 Å². The minimum Gasteiger partial charge on any atom is -0.416 e. The van der Waals surface area contributed by atoms with Gasteiger partial charge < -0.3 is 8.82 Å². The Morgan fingerprint density at radius 1 is 0.529 bits per heavy atom. The van der Waals surface area contributed by atoms with Crippen molar-refractivity contribution in [3.05, 3.63) is 109 Å². The lowest BCUT2D eigenvalue weighted by atomic mass is 10.1. The Morgan fingerprint density at radius 3 is 1.94 bits per heavy atom. The molecular weight excluding hydrogens is 420 g/mol. The Morgan fingerprint density at radius 2 is 1.15 bits per heavy atom. The maximum absolute atomic E-state index is 5.93. The van der Waals surface area contributed by atoms with Crippen molar-refractivity contribution in [3.63, 3.8) is 0 Å². The summed E-state index contributed by atoms with van der Waals surface area (Å²) in [5.41, 5.74) is 8.06. The van der Waals surface area contributed by atoms with Crippen LogP contribution in [0.15, 0.2) is 114 Å². The largest absolute Gasteiger partial charge is 0.416 e. The molecule has 0 saturated heterocycles. The molecule has 0 bridgehead atoms. The van der Waals surface area contributed by atoms with Crippen molar-refractivity contribution in [2.24, 2.45) is 0 Å². The van der Waals surface area contributed by atoms with E-state index in [1.54, 1.807) is 0 Å². The number of hydrogen-bond acceptors (Lipinski definition) is 4. The number of rotatable bonds is 3. The number of benzene rings is 4. The second kappa shape index (κ2) is 7.39. The van der Waals surface area contributed by atoms with Gasteiger partial charge in [0.1, 0.15) is 0 Å². The van der Waals surface area contributed by atoms with Gasteiger partial charge in [0.05, 0.1) is 27.8 Å². The van der Waals surface area contributed by atoms with Crippen LogP contribution in [0.3, 0.4) is 0 Å². The van der Waals surface area contributed by atoms with Gasteiger partial charge in [-0.2, -0.15) is 0 Å². The van der Waals surface area contributed by atoms with Crippen molar-refractivity contribution in [2.75, 3.05) is 0 Å². The summed E-state index contributed by atoms with van der Waals surface area (Å²) >= 11 is 0. The van der Waals surface area contributed by atoms with Crippen molar-refractivity contribution < 1.29 is 4.42 Å². The Kier molecular flexibility index (Phi) is 4.08. The summed E-state index contributed by atoms with van der Waals surface area (Å²) in [6.45, 7) is 0. The average molecular weight is 438 g/mol. The fraction of sp³-hybridized carbons (Fsp3) is 0. The molecule has 0 aliphatic carbocycles. The molecule has 0 unspecified atom stereocenters. The van der Waals surface area contributed by atoms with Crippen molar-refractivity contribution in [2.45, 2.75) is 0 Å². The monoisotopic (exact) mass is 438 g/mol. The summed E-state index contributed by atoms with van der Waals surface area (Å²) < 4.78 is 8.22. The Balaban J connectivity index is 1.36. The summed E-state index contributed by atoms with van der Waals surface area (Å²) in [6.07, 6.45) is 0. The van der Waals surface area contributed by atoms with Gasteiger partial charge in [-0.25, -0.2) is 4.98 Å². The lowest BCUT2D eigenvalue weighted by Gasteiger charge is -2.10. The first-order chi connectivity index (χ1) is 16.8. The highest BCUT2D eigenvalue weighted by atomic mass is 16.4. The molecule has 0 spiro atoms. The van der Waals surface area contributed by atoms with E-state index in [1.165, 1.54) is 10.9 Å². The van der Waals surface area contributed by atoms with E-state index in [-0.39, 0.29) is 0 Å². The first-order valence-corrected chi connectivity index (χ1v) is 11.1. The summed E-state index contributed by atoms with van der Waals surface area (Å²) in [5, 5.41) is 9.65. The van der Waals surface area contributed by atoms with Gasteiger partial charge in [-0.15, -0.1) is 10.2 Å². The molecular formula is C29H18N4O. The fourth-order valence-electron chi connectivity index (χ4n) is 4.53. The average Bonchev–Trinajstić information content (AvgIpc) is 3.55. The molecule has 4 aromatic carbocycles. The molecule has 0 saturated carbocycles. The Bertz CT molecular complexity index is 1800. The normalized spacial score (nSPS) is 11.5. The van der Waals surface area contributed by atoms with Crippen LogP contribution in [0.5, 0.6) is 0 Å². The molecule has 0 radical (unpaired) electrons. The molecule has 0 aliphatic heterocycles. The zero-order valence-electron chi connectivity index (χ0n) is 18.1. The molecule has 160 valence electrons. The Labute approximate surface area is 195 Å². The van der Waals surface area contributed by atoms with E-state index < -0.39 is 0 Å². The molecule has 0 fully saturated rings. The third-order valence-electron chi connectivity index (χ3n) is 6.16. The van der Waals surface area contributed by atoms with Crippen LogP contribution in [0.4, 0.5) is 0 Å². The van der Waals surface area contributed by atoms with Crippen LogP contribution in [0.2, 0.25) is 0 Å².